The highest BCUT2D eigenvalue weighted by atomic mass is 16.7. The quantitative estimate of drug-likeness (QED) is 0.106. The van der Waals surface area contributed by atoms with Gasteiger partial charge < -0.3 is 19.7 Å². The monoisotopic (exact) mass is 636 g/mol. The van der Waals surface area contributed by atoms with Crippen molar-refractivity contribution in [2.45, 2.75) is 96.7 Å². The van der Waals surface area contributed by atoms with Crippen molar-refractivity contribution in [3.63, 3.8) is 0 Å². The molecule has 4 rings (SSSR count). The van der Waals surface area contributed by atoms with E-state index in [0.29, 0.717) is 23.0 Å². The SMILES string of the molecule is CCC(CC(C)c1ccc(C(=O)OC(C)(C)OC(=O)c2ccc(C(C)CC(CC)c3ccc(O)cc3)cc2)cc1)c1ccc(O)cc1. The molecular formula is C41H48O6. The third kappa shape index (κ3) is 9.71. The topological polar surface area (TPSA) is 93.1 Å². The molecule has 0 aliphatic rings. The summed E-state index contributed by atoms with van der Waals surface area (Å²) < 4.78 is 11.2. The van der Waals surface area contributed by atoms with Crippen molar-refractivity contribution in [2.75, 3.05) is 0 Å². The molecule has 0 aliphatic heterocycles. The maximum atomic E-state index is 13.0. The maximum absolute atomic E-state index is 13.0. The standard InChI is InChI=1S/C41H48O6/c1-7-29(33-17-21-37(42)22-18-33)25-27(3)31-9-13-35(14-10-31)39(44)46-41(5,6)47-40(45)36-15-11-32(12-16-36)28(4)26-30(8-2)34-19-23-38(43)24-20-34/h9-24,27-30,42-43H,7-8,25-26H2,1-6H3. The molecule has 0 fully saturated rings. The number of benzene rings is 4. The molecule has 0 amide bonds. The van der Waals surface area contributed by atoms with Gasteiger partial charge in [0.25, 0.3) is 5.79 Å². The van der Waals surface area contributed by atoms with E-state index in [0.717, 1.165) is 36.8 Å². The zero-order chi connectivity index (χ0) is 34.1. The molecule has 0 aromatic heterocycles. The molecule has 248 valence electrons. The number of esters is 2. The lowest BCUT2D eigenvalue weighted by molar-refractivity contribution is -0.143. The number of hydrogen-bond acceptors (Lipinski definition) is 6. The van der Waals surface area contributed by atoms with E-state index in [9.17, 15) is 19.8 Å². The van der Waals surface area contributed by atoms with E-state index in [2.05, 4.69) is 27.7 Å². The van der Waals surface area contributed by atoms with Crippen LogP contribution < -0.4 is 0 Å². The van der Waals surface area contributed by atoms with Crippen LogP contribution in [0.1, 0.15) is 134 Å². The minimum Gasteiger partial charge on any atom is -0.508 e. The van der Waals surface area contributed by atoms with E-state index in [1.807, 2.05) is 48.5 Å². The molecule has 0 saturated heterocycles. The van der Waals surface area contributed by atoms with E-state index in [1.165, 1.54) is 11.1 Å². The van der Waals surface area contributed by atoms with Crippen LogP contribution in [-0.2, 0) is 9.47 Å². The van der Waals surface area contributed by atoms with Crippen LogP contribution in [0.3, 0.4) is 0 Å². The van der Waals surface area contributed by atoms with E-state index >= 15 is 0 Å². The zero-order valence-electron chi connectivity index (χ0n) is 28.4. The third-order valence-electron chi connectivity index (χ3n) is 9.10. The second-order valence-corrected chi connectivity index (χ2v) is 13.1. The second-order valence-electron chi connectivity index (χ2n) is 13.1. The molecule has 0 spiro atoms. The fourth-order valence-corrected chi connectivity index (χ4v) is 6.18. The van der Waals surface area contributed by atoms with Gasteiger partial charge in [0.15, 0.2) is 0 Å². The van der Waals surface area contributed by atoms with Gasteiger partial charge in [0.05, 0.1) is 11.1 Å². The Morgan fingerprint density at radius 3 is 1.15 bits per heavy atom. The van der Waals surface area contributed by atoms with Crippen molar-refractivity contribution in [3.8, 4) is 11.5 Å². The van der Waals surface area contributed by atoms with Crippen LogP contribution in [-0.4, -0.2) is 27.9 Å². The molecule has 0 radical (unpaired) electrons. The first-order valence-corrected chi connectivity index (χ1v) is 16.6. The Hall–Kier alpha value is -4.58. The van der Waals surface area contributed by atoms with Gasteiger partial charge >= 0.3 is 11.9 Å². The van der Waals surface area contributed by atoms with Crippen LogP contribution in [0, 0.1) is 0 Å². The van der Waals surface area contributed by atoms with Gasteiger partial charge in [0.1, 0.15) is 11.5 Å². The molecule has 4 unspecified atom stereocenters. The zero-order valence-corrected chi connectivity index (χ0v) is 28.4. The van der Waals surface area contributed by atoms with Gasteiger partial charge in [0.2, 0.25) is 0 Å². The van der Waals surface area contributed by atoms with Gasteiger partial charge in [-0.2, -0.15) is 0 Å². The van der Waals surface area contributed by atoms with Crippen LogP contribution in [0.2, 0.25) is 0 Å². The van der Waals surface area contributed by atoms with Crippen molar-refractivity contribution in [3.05, 3.63) is 130 Å². The Kier molecular flexibility index (Phi) is 11.9. The average molecular weight is 637 g/mol. The summed E-state index contributed by atoms with van der Waals surface area (Å²) in [4.78, 5) is 26.0. The average Bonchev–Trinajstić information content (AvgIpc) is 3.06. The molecule has 0 saturated carbocycles. The van der Waals surface area contributed by atoms with Gasteiger partial charge in [-0.25, -0.2) is 9.59 Å². The molecule has 0 bridgehead atoms. The molecule has 6 nitrogen and oxygen atoms in total. The number of phenolic OH excluding ortho intramolecular Hbond substituents is 2. The minimum absolute atomic E-state index is 0.262. The van der Waals surface area contributed by atoms with E-state index in [1.54, 1.807) is 62.4 Å². The summed E-state index contributed by atoms with van der Waals surface area (Å²) in [6.45, 7) is 11.8. The van der Waals surface area contributed by atoms with Gasteiger partial charge in [-0.15, -0.1) is 0 Å². The smallest absolute Gasteiger partial charge is 0.341 e. The predicted molar refractivity (Wildman–Crippen MR) is 186 cm³/mol. The molecule has 4 atom stereocenters. The molecule has 0 heterocycles. The summed E-state index contributed by atoms with van der Waals surface area (Å²) in [5.74, 6) is -0.840. The second kappa shape index (κ2) is 15.8. The Morgan fingerprint density at radius 2 is 0.851 bits per heavy atom. The van der Waals surface area contributed by atoms with Crippen molar-refractivity contribution < 1.29 is 29.3 Å². The van der Waals surface area contributed by atoms with E-state index < -0.39 is 17.7 Å². The summed E-state index contributed by atoms with van der Waals surface area (Å²) in [6.07, 6.45) is 3.84. The Bertz CT molecular complexity index is 1470. The third-order valence-corrected chi connectivity index (χ3v) is 9.10. The Morgan fingerprint density at radius 1 is 0.553 bits per heavy atom. The first kappa shape index (κ1) is 35.3. The maximum Gasteiger partial charge on any atom is 0.341 e. The summed E-state index contributed by atoms with van der Waals surface area (Å²) >= 11 is 0. The van der Waals surface area contributed by atoms with Crippen molar-refractivity contribution in [1.82, 2.24) is 0 Å². The highest BCUT2D eigenvalue weighted by molar-refractivity contribution is 5.91. The van der Waals surface area contributed by atoms with Gasteiger partial charge in [0, 0.05) is 13.8 Å². The molecule has 6 heteroatoms. The molecule has 4 aromatic carbocycles. The summed E-state index contributed by atoms with van der Waals surface area (Å²) in [6, 6.07) is 29.6. The Labute approximate surface area is 279 Å². The van der Waals surface area contributed by atoms with Crippen LogP contribution in [0.4, 0.5) is 0 Å². The lowest BCUT2D eigenvalue weighted by Crippen LogP contribution is -2.34. The molecular weight excluding hydrogens is 588 g/mol. The lowest BCUT2D eigenvalue weighted by atomic mass is 9.84. The van der Waals surface area contributed by atoms with Crippen LogP contribution in [0.5, 0.6) is 11.5 Å². The molecule has 4 aromatic rings. The number of carbonyl (C=O) groups excluding carboxylic acids is 2. The fourth-order valence-electron chi connectivity index (χ4n) is 6.18. The highest BCUT2D eigenvalue weighted by Crippen LogP contribution is 2.34. The van der Waals surface area contributed by atoms with Crippen molar-refractivity contribution >= 4 is 11.9 Å². The van der Waals surface area contributed by atoms with Crippen LogP contribution >= 0.6 is 0 Å². The highest BCUT2D eigenvalue weighted by Gasteiger charge is 2.29. The predicted octanol–water partition coefficient (Wildman–Crippen LogP) is 10.2. The summed E-state index contributed by atoms with van der Waals surface area (Å²) in [5, 5.41) is 19.3. The van der Waals surface area contributed by atoms with Crippen molar-refractivity contribution in [1.29, 1.82) is 0 Å². The first-order valence-electron chi connectivity index (χ1n) is 16.6. The number of ether oxygens (including phenoxy) is 2. The van der Waals surface area contributed by atoms with E-state index in [4.69, 9.17) is 9.47 Å². The molecule has 47 heavy (non-hydrogen) atoms. The Balaban J connectivity index is 1.31. The normalized spacial score (nSPS) is 14.1. The first-order chi connectivity index (χ1) is 22.4. The number of phenols is 2. The van der Waals surface area contributed by atoms with Crippen molar-refractivity contribution in [2.24, 2.45) is 0 Å². The van der Waals surface area contributed by atoms with Crippen LogP contribution in [0.15, 0.2) is 97.1 Å². The molecule has 0 aliphatic carbocycles. The largest absolute Gasteiger partial charge is 0.508 e. The van der Waals surface area contributed by atoms with E-state index in [-0.39, 0.29) is 23.3 Å². The number of rotatable bonds is 14. The summed E-state index contributed by atoms with van der Waals surface area (Å²) in [7, 11) is 0. The van der Waals surface area contributed by atoms with Gasteiger partial charge in [-0.05, 0) is 120 Å². The number of carbonyl (C=O) groups is 2. The van der Waals surface area contributed by atoms with Gasteiger partial charge in [-0.1, -0.05) is 76.2 Å². The minimum atomic E-state index is -1.47. The lowest BCUT2D eigenvalue weighted by Gasteiger charge is -2.25. The fraction of sp³-hybridized carbons (Fsp3) is 0.366. The van der Waals surface area contributed by atoms with Crippen LogP contribution in [0.25, 0.3) is 0 Å². The van der Waals surface area contributed by atoms with Gasteiger partial charge in [-0.3, -0.25) is 0 Å². The molecule has 2 N–H and O–H groups in total. The number of hydrogen-bond donors (Lipinski definition) is 2. The number of aromatic hydroxyl groups is 2. The summed E-state index contributed by atoms with van der Waals surface area (Å²) in [5.41, 5.74) is 5.40.